The van der Waals surface area contributed by atoms with Gasteiger partial charge in [0.15, 0.2) is 0 Å². The van der Waals surface area contributed by atoms with Crippen LogP contribution in [0.1, 0.15) is 51.9 Å². The van der Waals surface area contributed by atoms with E-state index >= 15 is 0 Å². The average molecular weight is 213 g/mol. The van der Waals surface area contributed by atoms with Gasteiger partial charge < -0.3 is 10.1 Å². The molecule has 88 valence electrons. The zero-order valence-electron chi connectivity index (χ0n) is 9.97. The van der Waals surface area contributed by atoms with Crippen molar-refractivity contribution < 1.29 is 9.53 Å². The highest BCUT2D eigenvalue weighted by molar-refractivity contribution is 5.69. The summed E-state index contributed by atoms with van der Waals surface area (Å²) in [4.78, 5) is 10.9. The average Bonchev–Trinajstić information content (AvgIpc) is 2.25. The molecule has 0 spiro atoms. The van der Waals surface area contributed by atoms with Crippen LogP contribution in [-0.4, -0.2) is 25.2 Å². The highest BCUT2D eigenvalue weighted by Gasteiger charge is 2.25. The summed E-state index contributed by atoms with van der Waals surface area (Å²) in [7, 11) is 1.44. The van der Waals surface area contributed by atoms with Gasteiger partial charge in [0.2, 0.25) is 0 Å². The van der Waals surface area contributed by atoms with Gasteiger partial charge in [0.1, 0.15) is 0 Å². The second-order valence-corrected chi connectivity index (χ2v) is 4.73. The number of methoxy groups -OCH3 is 1. The number of hydrogen-bond donors (Lipinski definition) is 1. The summed E-state index contributed by atoms with van der Waals surface area (Å²) < 4.78 is 4.60. The zero-order valence-corrected chi connectivity index (χ0v) is 9.97. The lowest BCUT2D eigenvalue weighted by Gasteiger charge is -2.34. The standard InChI is InChI=1S/C12H23NO2/c1-12(8-4-3-5-9-12)13-10-6-7-11(14)15-2/h13H,3-10H2,1-2H3. The second-order valence-electron chi connectivity index (χ2n) is 4.73. The van der Waals surface area contributed by atoms with E-state index in [0.717, 1.165) is 13.0 Å². The number of hydrogen-bond acceptors (Lipinski definition) is 3. The fourth-order valence-electron chi connectivity index (χ4n) is 2.23. The number of carbonyl (C=O) groups is 1. The molecule has 15 heavy (non-hydrogen) atoms. The monoisotopic (exact) mass is 213 g/mol. The quantitative estimate of drug-likeness (QED) is 0.562. The molecule has 0 unspecified atom stereocenters. The van der Waals surface area contributed by atoms with Gasteiger partial charge in [-0.2, -0.15) is 0 Å². The summed E-state index contributed by atoms with van der Waals surface area (Å²) in [6, 6.07) is 0. The van der Waals surface area contributed by atoms with E-state index in [2.05, 4.69) is 17.0 Å². The Hall–Kier alpha value is -0.570. The molecule has 1 aliphatic rings. The molecular formula is C12H23NO2. The minimum absolute atomic E-state index is 0.106. The van der Waals surface area contributed by atoms with Crippen LogP contribution < -0.4 is 5.32 Å². The van der Waals surface area contributed by atoms with Crippen molar-refractivity contribution >= 4 is 5.97 Å². The molecule has 0 heterocycles. The molecular weight excluding hydrogens is 190 g/mol. The minimum Gasteiger partial charge on any atom is -0.469 e. The molecule has 1 rings (SSSR count). The Morgan fingerprint density at radius 1 is 1.33 bits per heavy atom. The number of rotatable bonds is 5. The first kappa shape index (κ1) is 12.5. The van der Waals surface area contributed by atoms with Crippen LogP contribution in [0.25, 0.3) is 0 Å². The molecule has 0 aliphatic heterocycles. The van der Waals surface area contributed by atoms with E-state index in [4.69, 9.17) is 0 Å². The molecule has 0 radical (unpaired) electrons. The van der Waals surface area contributed by atoms with Gasteiger partial charge in [0, 0.05) is 12.0 Å². The Bertz CT molecular complexity index is 198. The van der Waals surface area contributed by atoms with Crippen molar-refractivity contribution in [2.75, 3.05) is 13.7 Å². The van der Waals surface area contributed by atoms with Crippen molar-refractivity contribution in [3.63, 3.8) is 0 Å². The van der Waals surface area contributed by atoms with Crippen LogP contribution >= 0.6 is 0 Å². The van der Waals surface area contributed by atoms with Crippen LogP contribution in [-0.2, 0) is 9.53 Å². The summed E-state index contributed by atoms with van der Waals surface area (Å²) in [6.45, 7) is 3.22. The van der Waals surface area contributed by atoms with E-state index in [-0.39, 0.29) is 5.97 Å². The summed E-state index contributed by atoms with van der Waals surface area (Å²) in [5.74, 6) is -0.106. The maximum absolute atomic E-state index is 10.9. The molecule has 1 aliphatic carbocycles. The van der Waals surface area contributed by atoms with Gasteiger partial charge in [-0.25, -0.2) is 0 Å². The molecule has 0 bridgehead atoms. The molecule has 0 saturated heterocycles. The smallest absolute Gasteiger partial charge is 0.305 e. The first-order valence-corrected chi connectivity index (χ1v) is 5.98. The lowest BCUT2D eigenvalue weighted by Crippen LogP contribution is -2.44. The van der Waals surface area contributed by atoms with E-state index in [0.29, 0.717) is 12.0 Å². The van der Waals surface area contributed by atoms with Gasteiger partial charge in [-0.05, 0) is 32.7 Å². The molecule has 1 fully saturated rings. The summed E-state index contributed by atoms with van der Waals surface area (Å²) in [6.07, 6.45) is 7.98. The highest BCUT2D eigenvalue weighted by atomic mass is 16.5. The Kier molecular flexibility index (Phi) is 5.09. The summed E-state index contributed by atoms with van der Waals surface area (Å²) in [5, 5.41) is 3.57. The van der Waals surface area contributed by atoms with E-state index in [9.17, 15) is 4.79 Å². The largest absolute Gasteiger partial charge is 0.469 e. The summed E-state index contributed by atoms with van der Waals surface area (Å²) >= 11 is 0. The van der Waals surface area contributed by atoms with Crippen molar-refractivity contribution in [1.29, 1.82) is 0 Å². The first-order valence-electron chi connectivity index (χ1n) is 5.98. The Morgan fingerprint density at radius 2 is 2.00 bits per heavy atom. The zero-order chi connectivity index (χ0) is 11.1. The van der Waals surface area contributed by atoms with Crippen molar-refractivity contribution in [2.45, 2.75) is 57.4 Å². The molecule has 0 atom stereocenters. The minimum atomic E-state index is -0.106. The van der Waals surface area contributed by atoms with Crippen LogP contribution in [0.5, 0.6) is 0 Å². The third kappa shape index (κ3) is 4.65. The van der Waals surface area contributed by atoms with Crippen LogP contribution in [0, 0.1) is 0 Å². The number of carbonyl (C=O) groups excluding carboxylic acids is 1. The Morgan fingerprint density at radius 3 is 2.60 bits per heavy atom. The molecule has 1 N–H and O–H groups in total. The van der Waals surface area contributed by atoms with Gasteiger partial charge in [-0.15, -0.1) is 0 Å². The van der Waals surface area contributed by atoms with Crippen molar-refractivity contribution in [3.05, 3.63) is 0 Å². The van der Waals surface area contributed by atoms with Crippen LogP contribution in [0.15, 0.2) is 0 Å². The first-order chi connectivity index (χ1) is 7.16. The van der Waals surface area contributed by atoms with Gasteiger partial charge in [-0.1, -0.05) is 19.3 Å². The number of esters is 1. The SMILES string of the molecule is COC(=O)CCCNC1(C)CCCCC1. The molecule has 0 aromatic carbocycles. The number of nitrogens with one attached hydrogen (secondary N) is 1. The number of ether oxygens (including phenoxy) is 1. The molecule has 0 aromatic heterocycles. The van der Waals surface area contributed by atoms with Gasteiger partial charge >= 0.3 is 5.97 Å². The second kappa shape index (κ2) is 6.11. The third-order valence-electron chi connectivity index (χ3n) is 3.29. The fourth-order valence-corrected chi connectivity index (χ4v) is 2.23. The van der Waals surface area contributed by atoms with Crippen LogP contribution in [0.4, 0.5) is 0 Å². The van der Waals surface area contributed by atoms with E-state index in [1.165, 1.54) is 39.2 Å². The van der Waals surface area contributed by atoms with Gasteiger partial charge in [0.25, 0.3) is 0 Å². The van der Waals surface area contributed by atoms with Crippen LogP contribution in [0.3, 0.4) is 0 Å². The predicted molar refractivity (Wildman–Crippen MR) is 60.7 cm³/mol. The fraction of sp³-hybridized carbons (Fsp3) is 0.917. The maximum Gasteiger partial charge on any atom is 0.305 e. The Balaban J connectivity index is 2.10. The maximum atomic E-state index is 10.9. The van der Waals surface area contributed by atoms with E-state index in [1.54, 1.807) is 0 Å². The molecule has 0 amide bonds. The van der Waals surface area contributed by atoms with Crippen LogP contribution in [0.2, 0.25) is 0 Å². The summed E-state index contributed by atoms with van der Waals surface area (Å²) in [5.41, 5.74) is 0.314. The lowest BCUT2D eigenvalue weighted by molar-refractivity contribution is -0.140. The van der Waals surface area contributed by atoms with E-state index in [1.807, 2.05) is 0 Å². The normalized spacial score (nSPS) is 19.9. The topological polar surface area (TPSA) is 38.3 Å². The third-order valence-corrected chi connectivity index (χ3v) is 3.29. The lowest BCUT2D eigenvalue weighted by atomic mass is 9.83. The van der Waals surface area contributed by atoms with Gasteiger partial charge in [0.05, 0.1) is 7.11 Å². The van der Waals surface area contributed by atoms with E-state index < -0.39 is 0 Å². The van der Waals surface area contributed by atoms with Crippen molar-refractivity contribution in [3.8, 4) is 0 Å². The van der Waals surface area contributed by atoms with Crippen molar-refractivity contribution in [2.24, 2.45) is 0 Å². The predicted octanol–water partition coefficient (Wildman–Crippen LogP) is 2.25. The van der Waals surface area contributed by atoms with Crippen molar-refractivity contribution in [1.82, 2.24) is 5.32 Å². The highest BCUT2D eigenvalue weighted by Crippen LogP contribution is 2.27. The molecule has 3 nitrogen and oxygen atoms in total. The van der Waals surface area contributed by atoms with Gasteiger partial charge in [-0.3, -0.25) is 4.79 Å². The Labute approximate surface area is 92.6 Å². The molecule has 1 saturated carbocycles. The molecule has 3 heteroatoms. The molecule has 0 aromatic rings.